The third-order valence-corrected chi connectivity index (χ3v) is 3.46. The lowest BCUT2D eigenvalue weighted by Crippen LogP contribution is -2.32. The van der Waals surface area contributed by atoms with Crippen LogP contribution in [0.5, 0.6) is 5.75 Å². The topological polar surface area (TPSA) is 51.7 Å². The lowest BCUT2D eigenvalue weighted by atomic mass is 10.0. The maximum atomic E-state index is 12.6. The molecule has 122 valence electrons. The van der Waals surface area contributed by atoms with Crippen LogP contribution < -0.4 is 4.74 Å². The first-order valence-electron chi connectivity index (χ1n) is 7.42. The van der Waals surface area contributed by atoms with E-state index in [1.165, 1.54) is 6.07 Å². The van der Waals surface area contributed by atoms with E-state index in [4.69, 9.17) is 4.74 Å². The second-order valence-electron chi connectivity index (χ2n) is 5.06. The molecular formula is C15H20F2N2O3. The summed E-state index contributed by atoms with van der Waals surface area (Å²) in [6, 6.07) is 1.25. The third-order valence-electron chi connectivity index (χ3n) is 3.46. The molecule has 5 nitrogen and oxygen atoms in total. The molecule has 0 amide bonds. The lowest BCUT2D eigenvalue weighted by molar-refractivity contribution is -0.0508. The van der Waals surface area contributed by atoms with E-state index in [2.05, 4.69) is 21.5 Å². The highest BCUT2D eigenvalue weighted by Gasteiger charge is 2.25. The van der Waals surface area contributed by atoms with Crippen LogP contribution in [-0.2, 0) is 17.7 Å². The molecule has 2 heterocycles. The fourth-order valence-electron chi connectivity index (χ4n) is 2.58. The molecule has 0 atom stereocenters. The molecule has 0 radical (unpaired) electrons. The van der Waals surface area contributed by atoms with Crippen molar-refractivity contribution in [3.05, 3.63) is 23.0 Å². The molecule has 1 aromatic heterocycles. The number of rotatable bonds is 6. The number of hydrogen-bond donors (Lipinski definition) is 0. The van der Waals surface area contributed by atoms with Crippen LogP contribution in [0.4, 0.5) is 8.78 Å². The molecular weight excluding hydrogens is 294 g/mol. The normalized spacial score (nSPS) is 14.8. The first-order chi connectivity index (χ1) is 10.5. The van der Waals surface area contributed by atoms with E-state index in [-0.39, 0.29) is 18.1 Å². The van der Waals surface area contributed by atoms with Crippen LogP contribution in [0, 0.1) is 0 Å². The highest BCUT2D eigenvalue weighted by atomic mass is 19.3. The molecule has 1 aliphatic rings. The van der Waals surface area contributed by atoms with Crippen molar-refractivity contribution in [2.45, 2.75) is 39.8 Å². The Balaban J connectivity index is 2.35. The van der Waals surface area contributed by atoms with Gasteiger partial charge in [0.05, 0.1) is 12.3 Å². The Morgan fingerprint density at radius 2 is 2.23 bits per heavy atom. The van der Waals surface area contributed by atoms with Crippen LogP contribution in [0.1, 0.15) is 42.0 Å². The fraction of sp³-hybridized carbons (Fsp3) is 0.600. The predicted molar refractivity (Wildman–Crippen MR) is 76.1 cm³/mol. The second kappa shape index (κ2) is 7.49. The highest BCUT2D eigenvalue weighted by Crippen LogP contribution is 2.29. The molecule has 1 aliphatic heterocycles. The molecule has 0 fully saturated rings. The number of carbonyl (C=O) groups is 1. The van der Waals surface area contributed by atoms with Crippen molar-refractivity contribution in [1.29, 1.82) is 0 Å². The molecule has 0 aliphatic carbocycles. The van der Waals surface area contributed by atoms with Crippen molar-refractivity contribution < 1.29 is 23.0 Å². The maximum absolute atomic E-state index is 12.6. The van der Waals surface area contributed by atoms with Crippen LogP contribution in [0.2, 0.25) is 0 Å². The van der Waals surface area contributed by atoms with Crippen molar-refractivity contribution in [1.82, 2.24) is 9.88 Å². The summed E-state index contributed by atoms with van der Waals surface area (Å²) in [4.78, 5) is 18.3. The quantitative estimate of drug-likeness (QED) is 0.756. The van der Waals surface area contributed by atoms with Gasteiger partial charge in [0, 0.05) is 24.7 Å². The molecule has 0 saturated carbocycles. The van der Waals surface area contributed by atoms with Crippen molar-refractivity contribution in [3.8, 4) is 5.75 Å². The predicted octanol–water partition coefficient (Wildman–Crippen LogP) is 2.63. The Morgan fingerprint density at radius 3 is 2.86 bits per heavy atom. The number of hydrogen-bond acceptors (Lipinski definition) is 5. The van der Waals surface area contributed by atoms with Gasteiger partial charge in [0.25, 0.3) is 0 Å². The molecule has 7 heteroatoms. The number of carbonyl (C=O) groups excluding carboxylic acids is 1. The van der Waals surface area contributed by atoms with Gasteiger partial charge >= 0.3 is 12.6 Å². The summed E-state index contributed by atoms with van der Waals surface area (Å²) < 4.78 is 34.7. The number of ether oxygens (including phenoxy) is 2. The summed E-state index contributed by atoms with van der Waals surface area (Å²) in [5.74, 6) is -0.601. The standard InChI is InChI=1S/C15H20F2N2O3/c1-3-6-19-7-5-10-12(9-19)18-11(14(20)21-4-2)8-13(10)22-15(16)17/h8,15H,3-7,9H2,1-2H3. The summed E-state index contributed by atoms with van der Waals surface area (Å²) in [7, 11) is 0. The molecule has 0 saturated heterocycles. The summed E-state index contributed by atoms with van der Waals surface area (Å²) in [5.41, 5.74) is 1.27. The molecule has 1 aromatic rings. The molecule has 0 aromatic carbocycles. The summed E-state index contributed by atoms with van der Waals surface area (Å²) in [6.45, 7) is 3.20. The highest BCUT2D eigenvalue weighted by molar-refractivity contribution is 5.88. The Kier molecular flexibility index (Phi) is 5.65. The van der Waals surface area contributed by atoms with Crippen molar-refractivity contribution in [2.75, 3.05) is 19.7 Å². The van der Waals surface area contributed by atoms with Crippen LogP contribution >= 0.6 is 0 Å². The summed E-state index contributed by atoms with van der Waals surface area (Å²) in [5, 5.41) is 0. The number of fused-ring (bicyclic) bond motifs is 1. The Morgan fingerprint density at radius 1 is 1.45 bits per heavy atom. The first-order valence-corrected chi connectivity index (χ1v) is 7.42. The van der Waals surface area contributed by atoms with Gasteiger partial charge in [-0.3, -0.25) is 4.90 Å². The van der Waals surface area contributed by atoms with Crippen LogP contribution in [0.25, 0.3) is 0 Å². The average molecular weight is 314 g/mol. The van der Waals surface area contributed by atoms with Gasteiger partial charge in [-0.2, -0.15) is 8.78 Å². The molecule has 22 heavy (non-hydrogen) atoms. The number of esters is 1. The average Bonchev–Trinajstić information content (AvgIpc) is 2.46. The van der Waals surface area contributed by atoms with E-state index in [1.54, 1.807) is 6.92 Å². The molecule has 2 rings (SSSR count). The van der Waals surface area contributed by atoms with Gasteiger partial charge in [0.2, 0.25) is 0 Å². The SMILES string of the molecule is CCCN1CCc2c(OC(F)F)cc(C(=O)OCC)nc2C1. The number of pyridine rings is 1. The summed E-state index contributed by atoms with van der Waals surface area (Å²) in [6.07, 6.45) is 1.57. The minimum absolute atomic E-state index is 0.00889. The lowest BCUT2D eigenvalue weighted by Gasteiger charge is -2.29. The minimum Gasteiger partial charge on any atom is -0.461 e. The molecule has 0 N–H and O–H groups in total. The van der Waals surface area contributed by atoms with Gasteiger partial charge in [-0.1, -0.05) is 6.92 Å². The van der Waals surface area contributed by atoms with Crippen molar-refractivity contribution in [3.63, 3.8) is 0 Å². The van der Waals surface area contributed by atoms with Gasteiger partial charge in [-0.25, -0.2) is 9.78 Å². The second-order valence-corrected chi connectivity index (χ2v) is 5.06. The van der Waals surface area contributed by atoms with Gasteiger partial charge < -0.3 is 9.47 Å². The maximum Gasteiger partial charge on any atom is 0.387 e. The Hall–Kier alpha value is -1.76. The third kappa shape index (κ3) is 3.91. The Labute approximate surface area is 128 Å². The number of alkyl halides is 2. The van der Waals surface area contributed by atoms with Gasteiger partial charge in [0.1, 0.15) is 5.75 Å². The zero-order chi connectivity index (χ0) is 16.1. The number of halogens is 2. The molecule has 0 bridgehead atoms. The summed E-state index contributed by atoms with van der Waals surface area (Å²) >= 11 is 0. The zero-order valence-electron chi connectivity index (χ0n) is 12.8. The number of nitrogens with zero attached hydrogens (tertiary/aromatic N) is 2. The van der Waals surface area contributed by atoms with Gasteiger partial charge in [-0.15, -0.1) is 0 Å². The Bertz CT molecular complexity index is 538. The van der Waals surface area contributed by atoms with Crippen LogP contribution in [-0.4, -0.2) is 42.2 Å². The van der Waals surface area contributed by atoms with E-state index in [0.717, 1.165) is 19.5 Å². The smallest absolute Gasteiger partial charge is 0.387 e. The van der Waals surface area contributed by atoms with Crippen molar-refractivity contribution >= 4 is 5.97 Å². The molecule has 0 spiro atoms. The van der Waals surface area contributed by atoms with Crippen LogP contribution in [0.3, 0.4) is 0 Å². The van der Waals surface area contributed by atoms with E-state index >= 15 is 0 Å². The largest absolute Gasteiger partial charge is 0.461 e. The van der Waals surface area contributed by atoms with Gasteiger partial charge in [0.15, 0.2) is 5.69 Å². The van der Waals surface area contributed by atoms with Crippen molar-refractivity contribution in [2.24, 2.45) is 0 Å². The monoisotopic (exact) mass is 314 g/mol. The minimum atomic E-state index is -2.93. The first kappa shape index (κ1) is 16.6. The van der Waals surface area contributed by atoms with E-state index in [9.17, 15) is 13.6 Å². The van der Waals surface area contributed by atoms with E-state index in [1.807, 2.05) is 0 Å². The van der Waals surface area contributed by atoms with Gasteiger partial charge in [-0.05, 0) is 26.3 Å². The fourth-order valence-corrected chi connectivity index (χ4v) is 2.58. The molecule has 0 unspecified atom stereocenters. The van der Waals surface area contributed by atoms with E-state index < -0.39 is 12.6 Å². The van der Waals surface area contributed by atoms with E-state index in [0.29, 0.717) is 24.2 Å². The number of aromatic nitrogens is 1. The van der Waals surface area contributed by atoms with Crippen LogP contribution in [0.15, 0.2) is 6.07 Å². The zero-order valence-corrected chi connectivity index (χ0v) is 12.8.